The van der Waals surface area contributed by atoms with E-state index in [4.69, 9.17) is 5.11 Å². The van der Waals surface area contributed by atoms with Crippen LogP contribution < -0.4 is 13.3 Å². The smallest absolute Gasteiger partial charge is 0.307 e. The molecule has 1 N–H and O–H groups in total. The Morgan fingerprint density at radius 3 is 1.63 bits per heavy atom. The third kappa shape index (κ3) is 31.1. The summed E-state index contributed by atoms with van der Waals surface area (Å²) in [6, 6.07) is 14.8. The van der Waals surface area contributed by atoms with Crippen molar-refractivity contribution in [2.75, 3.05) is 7.11 Å². The van der Waals surface area contributed by atoms with Gasteiger partial charge in [-0.2, -0.15) is 0 Å². The predicted octanol–water partition coefficient (Wildman–Crippen LogP) is 16.3. The minimum absolute atomic E-state index is 0.0828. The van der Waals surface area contributed by atoms with Gasteiger partial charge in [0.25, 0.3) is 0 Å². The van der Waals surface area contributed by atoms with Crippen LogP contribution in [0.5, 0.6) is 0 Å². The van der Waals surface area contributed by atoms with E-state index in [0.717, 1.165) is 20.1 Å². The first-order chi connectivity index (χ1) is 19.0. The fourth-order valence-electron chi connectivity index (χ4n) is 1.80. The molecule has 0 amide bonds. The number of benzene rings is 2. The van der Waals surface area contributed by atoms with Gasteiger partial charge in [-0.05, 0) is 35.4 Å². The first-order valence-corrected chi connectivity index (χ1v) is 106. The van der Waals surface area contributed by atoms with Crippen LogP contribution in [0.3, 0.4) is 0 Å². The zero-order valence-electron chi connectivity index (χ0n) is 19.1. The summed E-state index contributed by atoms with van der Waals surface area (Å²) in [7, 11) is -0.368. The Morgan fingerprint density at radius 1 is 0.854 bits per heavy atom. The third-order valence-corrected chi connectivity index (χ3v) is 749. The van der Waals surface area contributed by atoms with E-state index in [2.05, 4.69) is 239 Å². The van der Waals surface area contributed by atoms with Gasteiger partial charge in [0.1, 0.15) is 4.83 Å². The van der Waals surface area contributed by atoms with Crippen LogP contribution in [0.1, 0.15) is 16.0 Å². The van der Waals surface area contributed by atoms with Crippen LogP contribution in [0, 0.1) is 0 Å². The van der Waals surface area contributed by atoms with E-state index in [-0.39, 0.29) is 59.8 Å². The molecule has 0 aromatic heterocycles. The van der Waals surface area contributed by atoms with Crippen molar-refractivity contribution in [3.05, 3.63) is 68.6 Å². The van der Waals surface area contributed by atoms with Crippen molar-refractivity contribution < 1.29 is 32.7 Å². The summed E-state index contributed by atoms with van der Waals surface area (Å²) in [5, 5.41) is 8.44. The number of halogens is 20. The van der Waals surface area contributed by atoms with Gasteiger partial charge in [0.15, 0.2) is 0 Å². The van der Waals surface area contributed by atoms with Crippen LogP contribution in [0.2, 0.25) is 0 Å². The molecule has 0 bridgehead atoms. The number of alkyl halides is 1. The Kier molecular flexibility index (Phi) is 45.7. The van der Waals surface area contributed by atoms with Crippen molar-refractivity contribution in [1.82, 2.24) is 0 Å². The zero-order valence-corrected chi connectivity index (χ0v) is 60.6. The van der Waals surface area contributed by atoms with E-state index in [1.807, 2.05) is 36.4 Å². The molecule has 0 spiro atoms. The summed E-state index contributed by atoms with van der Waals surface area (Å²) in [6.07, 6.45) is 0.0828. The minimum Gasteiger partial charge on any atom is -0.481 e. The summed E-state index contributed by atoms with van der Waals surface area (Å²) in [6.45, 7) is 0. The van der Waals surface area contributed by atoms with Gasteiger partial charge in [-0.3, -0.25) is 9.59 Å². The molecule has 1 unspecified atom stereocenters. The SMILES string of the molecule is COC(=O)C(Br)c1cccc(Br)c1.II(I)I(I)I(I)I.I[I-]I(I)I(I)I(I)I.O=C(O)Cc1cccc(Br)c1. The van der Waals surface area contributed by atoms with E-state index in [0.29, 0.717) is 13.3 Å². The number of ether oxygens (including phenoxy) is 1. The maximum absolute atomic E-state index is 11.1. The Hall–Kier alpha value is 11.2. The first kappa shape index (κ1) is 54.3. The second kappa shape index (κ2) is 34.5. The largest absolute Gasteiger partial charge is 0.481 e. The second-order valence-corrected chi connectivity index (χ2v) is 317. The molecule has 0 fully saturated rings. The number of carbonyl (C=O) groups excluding carboxylic acids is 1. The molecule has 0 heterocycles. The molecule has 0 aliphatic carbocycles. The standard InChI is InChI=1S/C9H8Br2O2.C8H7BrO2.I9.I8/c1-13-9(12)8(11)6-3-2-4-7(10)5-6;9-7-3-1-2-6(4-7)5-8(10)11;1-6-8(4)9(5)7(2)3;1-6(2)8(5)7(3)4/h2-5,8H,1H3;1-4H,5H2,(H,10,11);;/q;;-1;. The fourth-order valence-corrected chi connectivity index (χ4v) is 1050. The minimum atomic E-state index is -0.803. The van der Waals surface area contributed by atoms with Crippen LogP contribution in [0.25, 0.3) is 0 Å². The molecule has 0 saturated heterocycles. The van der Waals surface area contributed by atoms with E-state index >= 15 is 0 Å². The van der Waals surface area contributed by atoms with Crippen molar-refractivity contribution in [1.29, 1.82) is 0 Å². The average molecular weight is 2680 g/mol. The van der Waals surface area contributed by atoms with Crippen LogP contribution in [0.15, 0.2) is 57.5 Å². The first-order valence-electron chi connectivity index (χ1n) is 8.91. The predicted molar refractivity (Wildman–Crippen MR) is 328 cm³/mol. The topological polar surface area (TPSA) is 63.6 Å². The summed E-state index contributed by atoms with van der Waals surface area (Å²) >= 11 is 38.1. The van der Waals surface area contributed by atoms with Gasteiger partial charge >= 0.3 is 259 Å². The number of carboxylic acids is 1. The van der Waals surface area contributed by atoms with Crippen molar-refractivity contribution in [3.8, 4) is 0 Å². The molecule has 4 nitrogen and oxygen atoms in total. The quantitative estimate of drug-likeness (QED) is 0.154. The van der Waals surface area contributed by atoms with E-state index in [1.165, 1.54) is 7.11 Å². The summed E-state index contributed by atoms with van der Waals surface area (Å²) in [5.41, 5.74) is 1.69. The number of hydrogen-bond acceptors (Lipinski definition) is 3. The summed E-state index contributed by atoms with van der Waals surface area (Å²) in [5.74, 6) is -1.10. The Balaban J connectivity index is 0. The van der Waals surface area contributed by atoms with Gasteiger partial charge in [0.2, 0.25) is 0 Å². The van der Waals surface area contributed by atoms with Crippen LogP contribution in [-0.2, 0) is 20.7 Å². The van der Waals surface area contributed by atoms with Crippen LogP contribution in [0.4, 0.5) is 0 Å². The molecule has 248 valence electrons. The number of carbonyl (C=O) groups is 2. The Labute approximate surface area is 398 Å². The molecule has 2 aromatic rings. The van der Waals surface area contributed by atoms with Crippen LogP contribution >= 0.6 is 281 Å². The number of hydrogen-bond donors (Lipinski definition) is 1. The normalized spacial score (nSPS) is 12.8. The van der Waals surface area contributed by atoms with Crippen LogP contribution in [-0.4, -0.2) is 24.2 Å². The molecule has 24 heteroatoms. The number of esters is 1. The van der Waals surface area contributed by atoms with Crippen molar-refractivity contribution in [2.45, 2.75) is 11.2 Å². The monoisotopic (exact) mass is 2680 g/mol. The Bertz CT molecular complexity index is 1020. The number of aliphatic carboxylic acids is 1. The van der Waals surface area contributed by atoms with Gasteiger partial charge in [0.05, 0.1) is 13.5 Å². The molecule has 1 atom stereocenters. The van der Waals surface area contributed by atoms with Gasteiger partial charge in [-0.25, -0.2) is 0 Å². The van der Waals surface area contributed by atoms with Crippen molar-refractivity contribution >= 4 is 293 Å². The number of methoxy groups -OCH3 is 1. The molecule has 0 aliphatic heterocycles. The van der Waals surface area contributed by atoms with Gasteiger partial charge in [-0.15, -0.1) is 0 Å². The number of rotatable bonds is 9. The summed E-state index contributed by atoms with van der Waals surface area (Å²) in [4.78, 5) is 21.0. The second-order valence-electron chi connectivity index (χ2n) is 5.67. The van der Waals surface area contributed by atoms with Crippen molar-refractivity contribution in [3.63, 3.8) is 0 Å². The van der Waals surface area contributed by atoms with Gasteiger partial charge in [-0.1, -0.05) is 72.1 Å². The maximum Gasteiger partial charge on any atom is 0.307 e. The fraction of sp³-hybridized carbons (Fsp3) is 0.176. The zero-order chi connectivity index (χ0) is 32.3. The molecule has 0 saturated carbocycles. The molecule has 0 aliphatic rings. The maximum atomic E-state index is 11.1. The molecular weight excluding hydrogens is 2670 g/mol. The molecule has 2 aromatic carbocycles. The molecular formula is C17H15Br3I17O4-. The van der Waals surface area contributed by atoms with E-state index in [1.54, 1.807) is 12.1 Å². The molecule has 41 heavy (non-hydrogen) atoms. The molecule has 2 rings (SSSR count). The molecule has 0 radical (unpaired) electrons. The van der Waals surface area contributed by atoms with E-state index < -0.39 is 10.8 Å². The van der Waals surface area contributed by atoms with Crippen molar-refractivity contribution in [2.24, 2.45) is 0 Å². The van der Waals surface area contributed by atoms with E-state index in [9.17, 15) is 9.59 Å². The summed E-state index contributed by atoms with van der Waals surface area (Å²) < 4.78 is 6.46. The van der Waals surface area contributed by atoms with Gasteiger partial charge < -0.3 is 9.84 Å². The number of carboxylic acid groups (broad SMARTS) is 1. The van der Waals surface area contributed by atoms with Gasteiger partial charge in [0, 0.05) is 8.95 Å². The average Bonchev–Trinajstić information content (AvgIpc) is 2.91. The Morgan fingerprint density at radius 2 is 1.32 bits per heavy atom. The third-order valence-electron chi connectivity index (χ3n) is 3.16.